The van der Waals surface area contributed by atoms with E-state index in [9.17, 15) is 4.79 Å². The molecular formula is C14H22N4O2. The molecule has 0 aliphatic carbocycles. The zero-order chi connectivity index (χ0) is 14.4. The summed E-state index contributed by atoms with van der Waals surface area (Å²) in [7, 11) is 1.34. The van der Waals surface area contributed by atoms with Crippen molar-refractivity contribution in [2.75, 3.05) is 32.1 Å². The molecular weight excluding hydrogens is 256 g/mol. The van der Waals surface area contributed by atoms with Gasteiger partial charge in [0.1, 0.15) is 5.82 Å². The molecule has 1 atom stereocenters. The minimum atomic E-state index is -0.467. The number of carbonyl (C=O) groups excluding carboxylic acids is 1. The maximum absolute atomic E-state index is 11.4. The Morgan fingerprint density at radius 3 is 2.85 bits per heavy atom. The minimum absolute atomic E-state index is 0.225. The van der Waals surface area contributed by atoms with Gasteiger partial charge in [-0.3, -0.25) is 9.88 Å². The van der Waals surface area contributed by atoms with Crippen LogP contribution in [0.25, 0.3) is 0 Å². The highest BCUT2D eigenvalue weighted by molar-refractivity contribution is 5.87. The van der Waals surface area contributed by atoms with Gasteiger partial charge in [0.2, 0.25) is 0 Å². The lowest BCUT2D eigenvalue weighted by atomic mass is 10.1. The van der Waals surface area contributed by atoms with E-state index >= 15 is 0 Å². The zero-order valence-electron chi connectivity index (χ0n) is 12.1. The molecule has 1 aliphatic rings. The molecule has 2 heterocycles. The fourth-order valence-corrected chi connectivity index (χ4v) is 2.39. The van der Waals surface area contributed by atoms with Crippen LogP contribution in [0.1, 0.15) is 36.7 Å². The van der Waals surface area contributed by atoms with Crippen molar-refractivity contribution in [3.63, 3.8) is 0 Å². The number of esters is 1. The maximum Gasteiger partial charge on any atom is 0.358 e. The number of methoxy groups -OCH3 is 1. The molecule has 0 bridgehead atoms. The Morgan fingerprint density at radius 2 is 2.15 bits per heavy atom. The van der Waals surface area contributed by atoms with E-state index in [4.69, 9.17) is 0 Å². The second-order valence-electron chi connectivity index (χ2n) is 5.11. The summed E-state index contributed by atoms with van der Waals surface area (Å²) in [6.07, 6.45) is 6.92. The number of hydrogen-bond donors (Lipinski definition) is 1. The molecule has 0 aromatic carbocycles. The van der Waals surface area contributed by atoms with Gasteiger partial charge in [-0.2, -0.15) is 0 Å². The van der Waals surface area contributed by atoms with E-state index in [1.807, 2.05) is 0 Å². The van der Waals surface area contributed by atoms with Crippen molar-refractivity contribution in [1.29, 1.82) is 0 Å². The van der Waals surface area contributed by atoms with Crippen LogP contribution in [-0.2, 0) is 4.74 Å². The smallest absolute Gasteiger partial charge is 0.358 e. The van der Waals surface area contributed by atoms with Gasteiger partial charge in [0.25, 0.3) is 0 Å². The van der Waals surface area contributed by atoms with Gasteiger partial charge in [0, 0.05) is 12.6 Å². The van der Waals surface area contributed by atoms with E-state index in [-0.39, 0.29) is 5.69 Å². The van der Waals surface area contributed by atoms with Crippen molar-refractivity contribution in [3.05, 3.63) is 18.1 Å². The first kappa shape index (κ1) is 14.7. The molecule has 1 aliphatic heterocycles. The Kier molecular flexibility index (Phi) is 5.29. The van der Waals surface area contributed by atoms with Crippen molar-refractivity contribution in [2.45, 2.75) is 32.2 Å². The maximum atomic E-state index is 11.4. The van der Waals surface area contributed by atoms with Crippen molar-refractivity contribution in [2.24, 2.45) is 0 Å². The van der Waals surface area contributed by atoms with Crippen molar-refractivity contribution in [3.8, 4) is 0 Å². The molecule has 20 heavy (non-hydrogen) atoms. The van der Waals surface area contributed by atoms with E-state index < -0.39 is 5.97 Å². The second-order valence-corrected chi connectivity index (χ2v) is 5.11. The first-order chi connectivity index (χ1) is 9.70. The van der Waals surface area contributed by atoms with Crippen LogP contribution in [-0.4, -0.2) is 53.6 Å². The fourth-order valence-electron chi connectivity index (χ4n) is 2.39. The Hall–Kier alpha value is -1.69. The molecule has 6 heteroatoms. The highest BCUT2D eigenvalue weighted by Crippen LogP contribution is 2.12. The lowest BCUT2D eigenvalue weighted by molar-refractivity contribution is 0.0593. The van der Waals surface area contributed by atoms with Gasteiger partial charge < -0.3 is 10.1 Å². The van der Waals surface area contributed by atoms with Crippen LogP contribution in [0, 0.1) is 0 Å². The van der Waals surface area contributed by atoms with E-state index in [0.717, 1.165) is 19.6 Å². The number of aromatic nitrogens is 2. The number of anilines is 1. The number of likely N-dealkylation sites (tertiary alicyclic amines) is 1. The molecule has 0 saturated carbocycles. The Bertz CT molecular complexity index is 447. The summed E-state index contributed by atoms with van der Waals surface area (Å²) < 4.78 is 4.63. The summed E-state index contributed by atoms with van der Waals surface area (Å²) >= 11 is 0. The van der Waals surface area contributed by atoms with Crippen LogP contribution in [0.3, 0.4) is 0 Å². The molecule has 110 valence electrons. The predicted molar refractivity (Wildman–Crippen MR) is 76.7 cm³/mol. The van der Waals surface area contributed by atoms with Crippen LogP contribution in [0.2, 0.25) is 0 Å². The molecule has 1 aromatic heterocycles. The Labute approximate surface area is 119 Å². The van der Waals surface area contributed by atoms with Crippen LogP contribution in [0.5, 0.6) is 0 Å². The normalized spacial score (nSPS) is 17.5. The Morgan fingerprint density at radius 1 is 1.40 bits per heavy atom. The molecule has 6 nitrogen and oxygen atoms in total. The minimum Gasteiger partial charge on any atom is -0.464 e. The third-order valence-corrected chi connectivity index (χ3v) is 3.62. The summed E-state index contributed by atoms with van der Waals surface area (Å²) in [4.78, 5) is 22.1. The summed E-state index contributed by atoms with van der Waals surface area (Å²) in [5.74, 6) is 0.141. The van der Waals surface area contributed by atoms with Crippen LogP contribution in [0.15, 0.2) is 12.4 Å². The number of rotatable bonds is 5. The van der Waals surface area contributed by atoms with Gasteiger partial charge in [0.05, 0.1) is 19.5 Å². The second kappa shape index (κ2) is 7.19. The average molecular weight is 278 g/mol. The Balaban J connectivity index is 1.88. The molecule has 1 saturated heterocycles. The quantitative estimate of drug-likeness (QED) is 0.824. The predicted octanol–water partition coefficient (Wildman–Crippen LogP) is 1.55. The average Bonchev–Trinajstić information content (AvgIpc) is 2.53. The third kappa shape index (κ3) is 3.90. The van der Waals surface area contributed by atoms with Gasteiger partial charge in [-0.25, -0.2) is 9.78 Å². The van der Waals surface area contributed by atoms with Crippen LogP contribution < -0.4 is 5.32 Å². The highest BCUT2D eigenvalue weighted by Gasteiger charge is 2.16. The zero-order valence-corrected chi connectivity index (χ0v) is 12.1. The van der Waals surface area contributed by atoms with Crippen molar-refractivity contribution < 1.29 is 9.53 Å². The highest BCUT2D eigenvalue weighted by atomic mass is 16.5. The van der Waals surface area contributed by atoms with Crippen molar-refractivity contribution >= 4 is 11.8 Å². The van der Waals surface area contributed by atoms with E-state index in [1.54, 1.807) is 6.20 Å². The topological polar surface area (TPSA) is 67.3 Å². The molecule has 1 unspecified atom stereocenters. The fraction of sp³-hybridized carbons (Fsp3) is 0.643. The van der Waals surface area contributed by atoms with E-state index in [2.05, 4.69) is 31.8 Å². The molecule has 1 N–H and O–H groups in total. The first-order valence-electron chi connectivity index (χ1n) is 7.09. The van der Waals surface area contributed by atoms with Crippen LogP contribution >= 0.6 is 0 Å². The molecule has 0 spiro atoms. The number of piperidine rings is 1. The molecule has 0 radical (unpaired) electrons. The molecule has 1 fully saturated rings. The third-order valence-electron chi connectivity index (χ3n) is 3.62. The van der Waals surface area contributed by atoms with Gasteiger partial charge in [-0.1, -0.05) is 6.42 Å². The number of ether oxygens (including phenoxy) is 1. The standard InChI is InChI=1S/C14H22N4O2/c1-11(18-6-4-3-5-7-18)8-16-13-10-15-9-12(17-13)14(19)20-2/h9-11H,3-8H2,1-2H3,(H,16,17). The first-order valence-corrected chi connectivity index (χ1v) is 7.09. The SMILES string of the molecule is COC(=O)c1cncc(NCC(C)N2CCCCC2)n1. The van der Waals surface area contributed by atoms with Gasteiger partial charge in [0.15, 0.2) is 5.69 Å². The number of nitrogens with zero attached hydrogens (tertiary/aromatic N) is 3. The number of carbonyl (C=O) groups is 1. The molecule has 1 aromatic rings. The van der Waals surface area contributed by atoms with Gasteiger partial charge in [-0.05, 0) is 32.9 Å². The number of hydrogen-bond acceptors (Lipinski definition) is 6. The van der Waals surface area contributed by atoms with Gasteiger partial charge >= 0.3 is 5.97 Å². The summed E-state index contributed by atoms with van der Waals surface area (Å²) in [6, 6.07) is 0.443. The molecule has 2 rings (SSSR count). The summed E-state index contributed by atoms with van der Waals surface area (Å²) in [5, 5.41) is 3.24. The summed E-state index contributed by atoms with van der Waals surface area (Å²) in [6.45, 7) is 5.32. The number of nitrogens with one attached hydrogen (secondary N) is 1. The van der Waals surface area contributed by atoms with E-state index in [0.29, 0.717) is 11.9 Å². The van der Waals surface area contributed by atoms with E-state index in [1.165, 1.54) is 32.6 Å². The van der Waals surface area contributed by atoms with Crippen molar-refractivity contribution in [1.82, 2.24) is 14.9 Å². The lowest BCUT2D eigenvalue weighted by Crippen LogP contribution is -2.41. The largest absolute Gasteiger partial charge is 0.464 e. The summed E-state index contributed by atoms with van der Waals surface area (Å²) in [5.41, 5.74) is 0.225. The monoisotopic (exact) mass is 278 g/mol. The van der Waals surface area contributed by atoms with Crippen LogP contribution in [0.4, 0.5) is 5.82 Å². The lowest BCUT2D eigenvalue weighted by Gasteiger charge is -2.32. The van der Waals surface area contributed by atoms with Gasteiger partial charge in [-0.15, -0.1) is 0 Å². The molecule has 0 amide bonds.